The van der Waals surface area contributed by atoms with Gasteiger partial charge >= 0.3 is 5.97 Å². The molecule has 1 aliphatic heterocycles. The van der Waals surface area contributed by atoms with E-state index in [9.17, 15) is 22.4 Å². The molecule has 0 radical (unpaired) electrons. The van der Waals surface area contributed by atoms with Crippen LogP contribution in [0.2, 0.25) is 0 Å². The number of nitrogens with zero attached hydrogens (tertiary/aromatic N) is 1. The molecular weight excluding hydrogens is 505 g/mol. The lowest BCUT2D eigenvalue weighted by molar-refractivity contribution is -0.185. The molecular formula is C30H34FNO5S. The second kappa shape index (κ2) is 10.6. The second-order valence-electron chi connectivity index (χ2n) is 11.3. The maximum atomic E-state index is 14.9. The van der Waals surface area contributed by atoms with E-state index in [-0.39, 0.29) is 29.4 Å². The fraction of sp³-hybridized carbons (Fsp3) is 0.500. The molecule has 1 aliphatic carbocycles. The van der Waals surface area contributed by atoms with E-state index in [1.165, 1.54) is 18.2 Å². The fourth-order valence-electron chi connectivity index (χ4n) is 5.84. The van der Waals surface area contributed by atoms with Crippen molar-refractivity contribution in [2.75, 3.05) is 6.26 Å². The lowest BCUT2D eigenvalue weighted by Gasteiger charge is -2.43. The van der Waals surface area contributed by atoms with Crippen LogP contribution < -0.4 is 0 Å². The molecule has 0 amide bonds. The first-order valence-electron chi connectivity index (χ1n) is 13.1. The third-order valence-corrected chi connectivity index (χ3v) is 9.24. The van der Waals surface area contributed by atoms with Crippen molar-refractivity contribution in [3.05, 3.63) is 76.4 Å². The summed E-state index contributed by atoms with van der Waals surface area (Å²) in [5.41, 5.74) is -0.235. The molecule has 2 fully saturated rings. The van der Waals surface area contributed by atoms with Crippen LogP contribution in [0.25, 0.3) is 4.85 Å². The van der Waals surface area contributed by atoms with E-state index in [1.807, 2.05) is 0 Å². The van der Waals surface area contributed by atoms with Gasteiger partial charge in [0.2, 0.25) is 0 Å². The zero-order valence-electron chi connectivity index (χ0n) is 22.1. The molecule has 2 atom stereocenters. The molecule has 6 nitrogen and oxygen atoms in total. The van der Waals surface area contributed by atoms with Gasteiger partial charge in [0, 0.05) is 26.5 Å². The van der Waals surface area contributed by atoms with Crippen molar-refractivity contribution in [2.45, 2.75) is 81.2 Å². The number of ether oxygens (including phenoxy) is 1. The van der Waals surface area contributed by atoms with Gasteiger partial charge in [0.05, 0.1) is 10.5 Å². The van der Waals surface area contributed by atoms with E-state index >= 15 is 0 Å². The van der Waals surface area contributed by atoms with Crippen LogP contribution in [0, 0.1) is 24.2 Å². The summed E-state index contributed by atoms with van der Waals surface area (Å²) in [4.78, 5) is 30.3. The van der Waals surface area contributed by atoms with E-state index in [0.29, 0.717) is 24.0 Å². The van der Waals surface area contributed by atoms with Gasteiger partial charge in [-0.15, -0.1) is 0 Å². The Morgan fingerprint density at radius 3 is 2.42 bits per heavy atom. The summed E-state index contributed by atoms with van der Waals surface area (Å²) in [6.45, 7) is 10.7. The van der Waals surface area contributed by atoms with Gasteiger partial charge in [0.1, 0.15) is 17.3 Å². The van der Waals surface area contributed by atoms with E-state index < -0.39 is 38.7 Å². The maximum Gasteiger partial charge on any atom is 0.317 e. The summed E-state index contributed by atoms with van der Waals surface area (Å²) >= 11 is 0. The van der Waals surface area contributed by atoms with E-state index in [4.69, 9.17) is 11.3 Å². The zero-order chi connectivity index (χ0) is 27.7. The number of halogens is 1. The predicted octanol–water partition coefficient (Wildman–Crippen LogP) is 5.62. The Labute approximate surface area is 224 Å². The van der Waals surface area contributed by atoms with Crippen molar-refractivity contribution in [3.63, 3.8) is 0 Å². The molecule has 2 aromatic rings. The summed E-state index contributed by atoms with van der Waals surface area (Å²) in [5.74, 6) is -2.12. The minimum Gasteiger partial charge on any atom is -0.458 e. The summed E-state index contributed by atoms with van der Waals surface area (Å²) in [7, 11) is -3.41. The Balaban J connectivity index is 1.54. The first-order chi connectivity index (χ1) is 17.8. The number of aryl methyl sites for hydroxylation is 1. The molecule has 202 valence electrons. The third-order valence-electron chi connectivity index (χ3n) is 8.13. The van der Waals surface area contributed by atoms with Crippen LogP contribution >= 0.6 is 0 Å². The average molecular weight is 540 g/mol. The lowest BCUT2D eigenvalue weighted by Crippen LogP contribution is -2.52. The van der Waals surface area contributed by atoms with Gasteiger partial charge in [-0.25, -0.2) is 19.4 Å². The maximum absolute atomic E-state index is 14.9. The lowest BCUT2D eigenvalue weighted by atomic mass is 9.73. The van der Waals surface area contributed by atoms with E-state index in [1.54, 1.807) is 38.1 Å². The summed E-state index contributed by atoms with van der Waals surface area (Å²) < 4.78 is 44.9. The van der Waals surface area contributed by atoms with Crippen molar-refractivity contribution in [1.82, 2.24) is 0 Å². The highest BCUT2D eigenvalue weighted by Crippen LogP contribution is 2.45. The van der Waals surface area contributed by atoms with E-state index in [0.717, 1.165) is 37.5 Å². The summed E-state index contributed by atoms with van der Waals surface area (Å²) in [5, 5.41) is 0. The second-order valence-corrected chi connectivity index (χ2v) is 13.3. The molecule has 1 heterocycles. The van der Waals surface area contributed by atoms with Crippen molar-refractivity contribution >= 4 is 21.6 Å². The quantitative estimate of drug-likeness (QED) is 0.247. The first-order valence-corrected chi connectivity index (χ1v) is 15.0. The molecule has 8 heteroatoms. The number of cyclic esters (lactones) is 1. The zero-order valence-corrected chi connectivity index (χ0v) is 22.9. The number of hydrogen-bond donors (Lipinski definition) is 0. The number of carbonyl (C=O) groups excluding carboxylic acids is 2. The largest absolute Gasteiger partial charge is 0.458 e. The smallest absolute Gasteiger partial charge is 0.317 e. The standard InChI is InChI=1S/C30H34FNO5S/c1-29(2,32-3)25-13-12-20(18-26(25)31)14-15-30(22-9-5-6-10-22)19-27(33)24(28(34)37-30)17-21-8-7-11-23(16-21)38(4,35)36/h7-8,11-13,16,18,22,24H,5-6,9-10,14-15,17,19H2,1-2,4H3. The third kappa shape index (κ3) is 5.83. The van der Waals surface area contributed by atoms with Crippen molar-refractivity contribution < 1.29 is 27.1 Å². The molecule has 0 bridgehead atoms. The van der Waals surface area contributed by atoms with Gasteiger partial charge in [-0.3, -0.25) is 9.59 Å². The van der Waals surface area contributed by atoms with Crippen molar-refractivity contribution in [1.29, 1.82) is 0 Å². The van der Waals surface area contributed by atoms with Crippen LogP contribution in [0.3, 0.4) is 0 Å². The number of hydrogen-bond acceptors (Lipinski definition) is 5. The topological polar surface area (TPSA) is 81.9 Å². The summed E-state index contributed by atoms with van der Waals surface area (Å²) in [6, 6.07) is 11.2. The van der Waals surface area contributed by atoms with Crippen molar-refractivity contribution in [2.24, 2.45) is 11.8 Å². The number of esters is 1. The molecule has 2 aromatic carbocycles. The van der Waals surface area contributed by atoms with Crippen LogP contribution in [0.15, 0.2) is 47.4 Å². The van der Waals surface area contributed by atoms with Gasteiger partial charge in [-0.1, -0.05) is 31.0 Å². The first kappa shape index (κ1) is 28.0. The molecule has 38 heavy (non-hydrogen) atoms. The molecule has 4 rings (SSSR count). The predicted molar refractivity (Wildman–Crippen MR) is 141 cm³/mol. The van der Waals surface area contributed by atoms with Crippen molar-refractivity contribution in [3.8, 4) is 0 Å². The Hall–Kier alpha value is -3.05. The van der Waals surface area contributed by atoms with Crippen LogP contribution in [-0.2, 0) is 42.5 Å². The Kier molecular flexibility index (Phi) is 7.81. The number of carbonyl (C=O) groups is 2. The number of ketones is 1. The Bertz CT molecular complexity index is 1370. The molecule has 0 N–H and O–H groups in total. The normalized spacial score (nSPS) is 22.8. The SMILES string of the molecule is [C-]#[N+]C(C)(C)c1ccc(CCC2(C3CCCC3)CC(=O)C(Cc3cccc(S(C)(=O)=O)c3)C(=O)O2)cc1F. The van der Waals surface area contributed by atoms with Crippen LogP contribution in [0.1, 0.15) is 69.1 Å². The monoisotopic (exact) mass is 539 g/mol. The number of rotatable bonds is 8. The molecule has 2 aliphatic rings. The molecule has 0 spiro atoms. The average Bonchev–Trinajstić information content (AvgIpc) is 3.40. The Morgan fingerprint density at radius 1 is 1.11 bits per heavy atom. The van der Waals surface area contributed by atoms with Gasteiger partial charge in [-0.05, 0) is 73.4 Å². The minimum atomic E-state index is -3.41. The van der Waals surface area contributed by atoms with Crippen LogP contribution in [-0.4, -0.2) is 32.0 Å². The Morgan fingerprint density at radius 2 is 1.82 bits per heavy atom. The van der Waals surface area contributed by atoms with E-state index in [2.05, 4.69) is 4.85 Å². The highest BCUT2D eigenvalue weighted by molar-refractivity contribution is 7.90. The molecule has 0 aromatic heterocycles. The van der Waals surface area contributed by atoms with Gasteiger partial charge < -0.3 is 9.58 Å². The number of sulfone groups is 1. The minimum absolute atomic E-state index is 0.0649. The number of benzene rings is 2. The fourth-order valence-corrected chi connectivity index (χ4v) is 6.53. The van der Waals surface area contributed by atoms with Crippen LogP contribution in [0.4, 0.5) is 4.39 Å². The van der Waals surface area contributed by atoms with Gasteiger partial charge in [0.15, 0.2) is 15.6 Å². The molecule has 1 saturated heterocycles. The van der Waals surface area contributed by atoms with Crippen LogP contribution in [0.5, 0.6) is 0 Å². The molecule has 2 unspecified atom stereocenters. The van der Waals surface area contributed by atoms with Gasteiger partial charge in [0.25, 0.3) is 5.54 Å². The molecule has 1 saturated carbocycles. The highest BCUT2D eigenvalue weighted by atomic mass is 32.2. The highest BCUT2D eigenvalue weighted by Gasteiger charge is 2.51. The number of Topliss-reactive ketones (excluding diaryl/α,β-unsaturated/α-hetero) is 1. The van der Waals surface area contributed by atoms with Gasteiger partial charge in [-0.2, -0.15) is 0 Å². The summed E-state index contributed by atoms with van der Waals surface area (Å²) in [6.07, 6.45) is 5.92.